The van der Waals surface area contributed by atoms with Gasteiger partial charge in [-0.25, -0.2) is 0 Å². The van der Waals surface area contributed by atoms with E-state index < -0.39 is 0 Å². The van der Waals surface area contributed by atoms with Crippen LogP contribution in [0.1, 0.15) is 40.5 Å². The van der Waals surface area contributed by atoms with Gasteiger partial charge < -0.3 is 11.5 Å². The Morgan fingerprint density at radius 1 is 1.04 bits per heavy atom. The largest absolute Gasteiger partial charge is 0.370 e. The number of rotatable bonds is 2. The van der Waals surface area contributed by atoms with Crippen molar-refractivity contribution in [2.24, 2.45) is 22.4 Å². The van der Waals surface area contributed by atoms with Gasteiger partial charge in [0.2, 0.25) is 0 Å². The number of fused-ring (bicyclic) bond motifs is 1. The van der Waals surface area contributed by atoms with Crippen LogP contribution < -0.4 is 11.5 Å². The van der Waals surface area contributed by atoms with E-state index in [1.165, 1.54) is 22.3 Å². The third-order valence-corrected chi connectivity index (χ3v) is 5.32. The molecule has 3 nitrogen and oxygen atoms in total. The summed E-state index contributed by atoms with van der Waals surface area (Å²) in [6, 6.07) is 14.9. The van der Waals surface area contributed by atoms with Gasteiger partial charge in [-0.15, -0.1) is 17.0 Å². The van der Waals surface area contributed by atoms with Crippen molar-refractivity contribution < 1.29 is 0 Å². The molecule has 23 heavy (non-hydrogen) atoms. The molecular weight excluding hydrogens is 374 g/mol. The van der Waals surface area contributed by atoms with Gasteiger partial charge in [-0.2, -0.15) is 0 Å². The average Bonchev–Trinajstić information content (AvgIpc) is 2.53. The molecule has 2 aromatic rings. The molecule has 0 spiro atoms. The zero-order valence-electron chi connectivity index (χ0n) is 12.6. The minimum absolute atomic E-state index is 0. The molecule has 3 unspecified atom stereocenters. The van der Waals surface area contributed by atoms with Crippen molar-refractivity contribution in [3.05, 3.63) is 69.7 Å². The van der Waals surface area contributed by atoms with Gasteiger partial charge in [-0.1, -0.05) is 48.0 Å². The fourth-order valence-corrected chi connectivity index (χ4v) is 4.53. The van der Waals surface area contributed by atoms with E-state index in [4.69, 9.17) is 23.1 Å². The second kappa shape index (κ2) is 6.17. The van der Waals surface area contributed by atoms with Crippen molar-refractivity contribution in [2.45, 2.75) is 18.3 Å². The van der Waals surface area contributed by atoms with Crippen molar-refractivity contribution >= 4 is 34.5 Å². The summed E-state index contributed by atoms with van der Waals surface area (Å²) in [4.78, 5) is 4.27. The Morgan fingerprint density at radius 2 is 1.74 bits per heavy atom. The van der Waals surface area contributed by atoms with Crippen LogP contribution in [0.5, 0.6) is 0 Å². The molecule has 0 aromatic heterocycles. The molecule has 3 atom stereocenters. The molecular formula is C18H19BrClN3. The summed E-state index contributed by atoms with van der Waals surface area (Å²) >= 11 is 6.51. The normalized spacial score (nSPS) is 23.4. The van der Waals surface area contributed by atoms with E-state index in [0.717, 1.165) is 11.4 Å². The molecule has 120 valence electrons. The number of benzene rings is 2. The molecule has 3 aliphatic rings. The van der Waals surface area contributed by atoms with Gasteiger partial charge in [0.15, 0.2) is 5.96 Å². The monoisotopic (exact) mass is 391 g/mol. The van der Waals surface area contributed by atoms with E-state index in [9.17, 15) is 0 Å². The molecule has 5 heteroatoms. The first kappa shape index (κ1) is 16.3. The highest BCUT2D eigenvalue weighted by Crippen LogP contribution is 2.56. The minimum Gasteiger partial charge on any atom is -0.370 e. The summed E-state index contributed by atoms with van der Waals surface area (Å²) in [5.74, 6) is 1.27. The van der Waals surface area contributed by atoms with Gasteiger partial charge in [-0.05, 0) is 40.7 Å². The molecule has 0 amide bonds. The molecule has 4 N–H and O–H groups in total. The lowest BCUT2D eigenvalue weighted by Gasteiger charge is -2.45. The highest BCUT2D eigenvalue weighted by molar-refractivity contribution is 8.93. The van der Waals surface area contributed by atoms with Crippen LogP contribution in [0, 0.1) is 5.92 Å². The minimum atomic E-state index is 0. The number of nitrogens with zero attached hydrogens (tertiary/aromatic N) is 1. The lowest BCUT2D eigenvalue weighted by molar-refractivity contribution is 0.365. The molecule has 0 fully saturated rings. The lowest BCUT2D eigenvalue weighted by Crippen LogP contribution is -2.34. The van der Waals surface area contributed by atoms with Gasteiger partial charge in [0, 0.05) is 23.4 Å². The SMILES string of the molecule is Br.NC(N)=NCC1CC2c3ccccc3C1c1cccc(Cl)c12. The number of aliphatic imine (C=N–C) groups is 1. The van der Waals surface area contributed by atoms with Crippen LogP contribution in [-0.2, 0) is 0 Å². The molecule has 0 saturated heterocycles. The van der Waals surface area contributed by atoms with Crippen LogP contribution in [0.4, 0.5) is 0 Å². The van der Waals surface area contributed by atoms with Crippen molar-refractivity contribution in [3.63, 3.8) is 0 Å². The van der Waals surface area contributed by atoms with Crippen LogP contribution in [0.3, 0.4) is 0 Å². The summed E-state index contributed by atoms with van der Waals surface area (Å²) in [6.45, 7) is 0.670. The molecule has 3 aliphatic carbocycles. The maximum Gasteiger partial charge on any atom is 0.185 e. The van der Waals surface area contributed by atoms with Crippen molar-refractivity contribution in [1.82, 2.24) is 0 Å². The van der Waals surface area contributed by atoms with E-state index >= 15 is 0 Å². The van der Waals surface area contributed by atoms with Crippen LogP contribution in [0.25, 0.3) is 0 Å². The molecule has 2 aromatic carbocycles. The fraction of sp³-hybridized carbons (Fsp3) is 0.278. The topological polar surface area (TPSA) is 64.4 Å². The van der Waals surface area contributed by atoms with Gasteiger partial charge in [0.25, 0.3) is 0 Å². The number of halogens is 2. The van der Waals surface area contributed by atoms with Crippen LogP contribution in [-0.4, -0.2) is 12.5 Å². The zero-order valence-corrected chi connectivity index (χ0v) is 15.0. The third kappa shape index (κ3) is 2.54. The predicted molar refractivity (Wildman–Crippen MR) is 101 cm³/mol. The van der Waals surface area contributed by atoms with Crippen LogP contribution in [0.15, 0.2) is 47.5 Å². The Balaban J connectivity index is 0.00000156. The lowest BCUT2D eigenvalue weighted by atomic mass is 9.59. The van der Waals surface area contributed by atoms with Crippen molar-refractivity contribution in [3.8, 4) is 0 Å². The standard InChI is InChI=1S/C18H18ClN3.BrH/c19-15-7-3-6-13-16-10(9-22-18(20)21)8-14(17(13)15)11-4-1-2-5-12(11)16;/h1-7,10,14,16H,8-9H2,(H4,20,21,22);1H. The van der Waals surface area contributed by atoms with Crippen LogP contribution in [0.2, 0.25) is 5.02 Å². The first-order chi connectivity index (χ1) is 10.7. The maximum atomic E-state index is 6.51. The van der Waals surface area contributed by atoms with Gasteiger partial charge in [0.05, 0.1) is 0 Å². The van der Waals surface area contributed by atoms with Gasteiger partial charge >= 0.3 is 0 Å². The molecule has 2 bridgehead atoms. The van der Waals surface area contributed by atoms with Crippen molar-refractivity contribution in [1.29, 1.82) is 0 Å². The van der Waals surface area contributed by atoms with Gasteiger partial charge in [-0.3, -0.25) is 4.99 Å². The number of guanidine groups is 1. The predicted octanol–water partition coefficient (Wildman–Crippen LogP) is 3.79. The van der Waals surface area contributed by atoms with Gasteiger partial charge in [0.1, 0.15) is 0 Å². The third-order valence-electron chi connectivity index (χ3n) is 4.99. The summed E-state index contributed by atoms with van der Waals surface area (Å²) in [5, 5.41) is 0.877. The Morgan fingerprint density at radius 3 is 2.48 bits per heavy atom. The molecule has 0 aliphatic heterocycles. The summed E-state index contributed by atoms with van der Waals surface area (Å²) < 4.78 is 0. The molecule has 5 rings (SSSR count). The first-order valence-electron chi connectivity index (χ1n) is 7.59. The second-order valence-corrected chi connectivity index (χ2v) is 6.57. The number of nitrogens with two attached hydrogens (primary N) is 2. The molecule has 0 radical (unpaired) electrons. The smallest absolute Gasteiger partial charge is 0.185 e. The highest BCUT2D eigenvalue weighted by atomic mass is 79.9. The zero-order chi connectivity index (χ0) is 15.3. The molecule has 0 saturated carbocycles. The Kier molecular flexibility index (Phi) is 4.39. The summed E-state index contributed by atoms with van der Waals surface area (Å²) in [7, 11) is 0. The van der Waals surface area contributed by atoms with Crippen LogP contribution >= 0.6 is 28.6 Å². The van der Waals surface area contributed by atoms with E-state index in [-0.39, 0.29) is 22.9 Å². The van der Waals surface area contributed by atoms with E-state index in [1.54, 1.807) is 0 Å². The summed E-state index contributed by atoms with van der Waals surface area (Å²) in [6.07, 6.45) is 1.05. The highest BCUT2D eigenvalue weighted by Gasteiger charge is 2.43. The van der Waals surface area contributed by atoms with Crippen molar-refractivity contribution in [2.75, 3.05) is 6.54 Å². The Labute approximate surface area is 151 Å². The van der Waals surface area contributed by atoms with E-state index in [2.05, 4.69) is 35.3 Å². The quantitative estimate of drug-likeness (QED) is 0.603. The van der Waals surface area contributed by atoms with E-state index in [0.29, 0.717) is 24.3 Å². The summed E-state index contributed by atoms with van der Waals surface area (Å²) in [5.41, 5.74) is 16.5. The number of hydrogen-bond donors (Lipinski definition) is 2. The first-order valence-corrected chi connectivity index (χ1v) is 7.97. The molecule has 0 heterocycles. The fourth-order valence-electron chi connectivity index (χ4n) is 4.22. The Bertz CT molecular complexity index is 771. The number of hydrogen-bond acceptors (Lipinski definition) is 1. The second-order valence-electron chi connectivity index (χ2n) is 6.16. The average molecular weight is 393 g/mol. The maximum absolute atomic E-state index is 6.51. The van der Waals surface area contributed by atoms with E-state index in [1.807, 2.05) is 12.1 Å². The Hall–Kier alpha value is -1.52.